The molecule has 0 spiro atoms. The zero-order valence-electron chi connectivity index (χ0n) is 13.3. The SMILES string of the molecule is COC(=O)CCCCC=CCCCOCc1ccc(O)cc1. The summed E-state index contributed by atoms with van der Waals surface area (Å²) in [6.45, 7) is 1.31. The van der Waals surface area contributed by atoms with E-state index >= 15 is 0 Å². The van der Waals surface area contributed by atoms with Crippen molar-refractivity contribution >= 4 is 5.97 Å². The van der Waals surface area contributed by atoms with Crippen LogP contribution in [0.5, 0.6) is 5.75 Å². The van der Waals surface area contributed by atoms with E-state index in [0.717, 1.165) is 44.3 Å². The van der Waals surface area contributed by atoms with Crippen LogP contribution in [0.2, 0.25) is 0 Å². The maximum Gasteiger partial charge on any atom is 0.305 e. The lowest BCUT2D eigenvalue weighted by Gasteiger charge is -2.03. The molecule has 0 bridgehead atoms. The summed E-state index contributed by atoms with van der Waals surface area (Å²) in [5.74, 6) is 0.148. The molecule has 1 aromatic carbocycles. The van der Waals surface area contributed by atoms with Crippen LogP contribution < -0.4 is 0 Å². The van der Waals surface area contributed by atoms with E-state index in [9.17, 15) is 9.90 Å². The Hall–Kier alpha value is -1.81. The van der Waals surface area contributed by atoms with E-state index in [-0.39, 0.29) is 11.7 Å². The molecule has 0 saturated heterocycles. The Bertz CT molecular complexity index is 437. The van der Waals surface area contributed by atoms with Gasteiger partial charge in [-0.05, 0) is 49.8 Å². The van der Waals surface area contributed by atoms with E-state index in [2.05, 4.69) is 16.9 Å². The van der Waals surface area contributed by atoms with Crippen LogP contribution in [0.15, 0.2) is 36.4 Å². The van der Waals surface area contributed by atoms with E-state index in [1.54, 1.807) is 12.1 Å². The summed E-state index contributed by atoms with van der Waals surface area (Å²) in [5, 5.41) is 9.17. The first-order chi connectivity index (χ1) is 10.7. The molecule has 1 rings (SSSR count). The predicted molar refractivity (Wildman–Crippen MR) is 86.6 cm³/mol. The molecule has 122 valence electrons. The Morgan fingerprint density at radius 1 is 1.09 bits per heavy atom. The Morgan fingerprint density at radius 2 is 1.77 bits per heavy atom. The van der Waals surface area contributed by atoms with Gasteiger partial charge in [-0.15, -0.1) is 0 Å². The van der Waals surface area contributed by atoms with Crippen LogP contribution in [0.1, 0.15) is 44.1 Å². The molecule has 4 heteroatoms. The number of benzene rings is 1. The standard InChI is InChI=1S/C18H26O4/c1-21-18(20)9-7-5-3-2-4-6-8-14-22-15-16-10-12-17(19)13-11-16/h2,4,10-13,19H,3,5-9,14-15H2,1H3. The average Bonchev–Trinajstić information content (AvgIpc) is 2.54. The van der Waals surface area contributed by atoms with E-state index < -0.39 is 0 Å². The quantitative estimate of drug-likeness (QED) is 0.382. The minimum Gasteiger partial charge on any atom is -0.508 e. The third kappa shape index (κ3) is 9.19. The van der Waals surface area contributed by atoms with Crippen molar-refractivity contribution in [2.45, 2.75) is 45.1 Å². The van der Waals surface area contributed by atoms with E-state index in [1.807, 2.05) is 12.1 Å². The molecule has 4 nitrogen and oxygen atoms in total. The number of methoxy groups -OCH3 is 1. The van der Waals surface area contributed by atoms with E-state index in [4.69, 9.17) is 4.74 Å². The van der Waals surface area contributed by atoms with Crippen molar-refractivity contribution in [3.05, 3.63) is 42.0 Å². The van der Waals surface area contributed by atoms with Crippen LogP contribution in [-0.2, 0) is 20.9 Å². The number of aromatic hydroxyl groups is 1. The largest absolute Gasteiger partial charge is 0.508 e. The van der Waals surface area contributed by atoms with Crippen LogP contribution in [0.4, 0.5) is 0 Å². The molecule has 0 amide bonds. The second-order valence-electron chi connectivity index (χ2n) is 5.15. The molecule has 0 aliphatic carbocycles. The average molecular weight is 306 g/mol. The Morgan fingerprint density at radius 3 is 2.45 bits per heavy atom. The Balaban J connectivity index is 1.91. The van der Waals surface area contributed by atoms with Crippen molar-refractivity contribution in [2.75, 3.05) is 13.7 Å². The summed E-state index contributed by atoms with van der Waals surface area (Å²) in [7, 11) is 1.42. The zero-order valence-corrected chi connectivity index (χ0v) is 13.3. The normalized spacial score (nSPS) is 11.0. The molecule has 0 unspecified atom stereocenters. The molecule has 22 heavy (non-hydrogen) atoms. The Kier molecular flexibility index (Phi) is 9.79. The van der Waals surface area contributed by atoms with Crippen LogP contribution in [0, 0.1) is 0 Å². The lowest BCUT2D eigenvalue weighted by Crippen LogP contribution is -1.98. The minimum absolute atomic E-state index is 0.130. The lowest BCUT2D eigenvalue weighted by molar-refractivity contribution is -0.140. The number of phenolic OH excluding ortho intramolecular Hbond substituents is 1. The highest BCUT2D eigenvalue weighted by atomic mass is 16.5. The van der Waals surface area contributed by atoms with Gasteiger partial charge in [-0.2, -0.15) is 0 Å². The summed E-state index contributed by atoms with van der Waals surface area (Å²) in [6.07, 6.45) is 9.75. The van der Waals surface area contributed by atoms with E-state index in [0.29, 0.717) is 13.0 Å². The van der Waals surface area contributed by atoms with Gasteiger partial charge < -0.3 is 14.6 Å². The molecule has 0 heterocycles. The summed E-state index contributed by atoms with van der Waals surface area (Å²) >= 11 is 0. The van der Waals surface area contributed by atoms with Gasteiger partial charge in [0.15, 0.2) is 0 Å². The van der Waals surface area contributed by atoms with Crippen molar-refractivity contribution in [1.29, 1.82) is 0 Å². The van der Waals surface area contributed by atoms with Gasteiger partial charge in [-0.3, -0.25) is 4.79 Å². The number of allylic oxidation sites excluding steroid dienone is 2. The molecule has 1 N–H and O–H groups in total. The van der Waals surface area contributed by atoms with Crippen LogP contribution in [-0.4, -0.2) is 24.8 Å². The van der Waals surface area contributed by atoms with E-state index in [1.165, 1.54) is 7.11 Å². The second-order valence-corrected chi connectivity index (χ2v) is 5.15. The molecular formula is C18H26O4. The van der Waals surface area contributed by atoms with Crippen molar-refractivity contribution in [1.82, 2.24) is 0 Å². The topological polar surface area (TPSA) is 55.8 Å². The highest BCUT2D eigenvalue weighted by Gasteiger charge is 1.97. The summed E-state index contributed by atoms with van der Waals surface area (Å²) in [6, 6.07) is 7.07. The van der Waals surface area contributed by atoms with Gasteiger partial charge >= 0.3 is 5.97 Å². The van der Waals surface area contributed by atoms with Gasteiger partial charge in [0.2, 0.25) is 0 Å². The maximum absolute atomic E-state index is 10.9. The first-order valence-electron chi connectivity index (χ1n) is 7.80. The number of ether oxygens (including phenoxy) is 2. The highest BCUT2D eigenvalue weighted by Crippen LogP contribution is 2.10. The number of hydrogen-bond donors (Lipinski definition) is 1. The van der Waals surface area contributed by atoms with Crippen molar-refractivity contribution in [2.24, 2.45) is 0 Å². The van der Waals surface area contributed by atoms with Gasteiger partial charge in [0.1, 0.15) is 5.75 Å². The van der Waals surface area contributed by atoms with Gasteiger partial charge in [0.25, 0.3) is 0 Å². The van der Waals surface area contributed by atoms with Crippen molar-refractivity contribution < 1.29 is 19.4 Å². The van der Waals surface area contributed by atoms with Crippen LogP contribution in [0.3, 0.4) is 0 Å². The van der Waals surface area contributed by atoms with Gasteiger partial charge in [-0.25, -0.2) is 0 Å². The van der Waals surface area contributed by atoms with Gasteiger partial charge in [-0.1, -0.05) is 24.3 Å². The molecule has 1 aromatic rings. The lowest BCUT2D eigenvalue weighted by atomic mass is 10.2. The summed E-state index contributed by atoms with van der Waals surface area (Å²) in [4.78, 5) is 10.9. The first-order valence-corrected chi connectivity index (χ1v) is 7.80. The fourth-order valence-electron chi connectivity index (χ4n) is 1.95. The third-order valence-corrected chi connectivity index (χ3v) is 3.26. The van der Waals surface area contributed by atoms with Crippen LogP contribution >= 0.6 is 0 Å². The minimum atomic E-state index is -0.130. The second kappa shape index (κ2) is 11.8. The number of phenols is 1. The van der Waals surface area contributed by atoms with Gasteiger partial charge in [0, 0.05) is 13.0 Å². The molecule has 0 aromatic heterocycles. The molecule has 0 aliphatic heterocycles. The third-order valence-electron chi connectivity index (χ3n) is 3.26. The zero-order chi connectivity index (χ0) is 16.0. The monoisotopic (exact) mass is 306 g/mol. The summed E-state index contributed by atoms with van der Waals surface area (Å²) < 4.78 is 10.2. The van der Waals surface area contributed by atoms with Crippen molar-refractivity contribution in [3.8, 4) is 5.75 Å². The molecule has 0 aliphatic rings. The number of unbranched alkanes of at least 4 members (excludes halogenated alkanes) is 3. The predicted octanol–water partition coefficient (Wildman–Crippen LogP) is 3.98. The van der Waals surface area contributed by atoms with Crippen molar-refractivity contribution in [3.63, 3.8) is 0 Å². The fourth-order valence-corrected chi connectivity index (χ4v) is 1.95. The number of rotatable bonds is 11. The highest BCUT2D eigenvalue weighted by molar-refractivity contribution is 5.68. The molecule has 0 radical (unpaired) electrons. The first kappa shape index (κ1) is 18.2. The molecular weight excluding hydrogens is 280 g/mol. The molecule has 0 fully saturated rings. The van der Waals surface area contributed by atoms with Gasteiger partial charge in [0.05, 0.1) is 13.7 Å². The summed E-state index contributed by atoms with van der Waals surface area (Å²) in [5.41, 5.74) is 1.07. The number of carbonyl (C=O) groups excluding carboxylic acids is 1. The fraction of sp³-hybridized carbons (Fsp3) is 0.500. The number of carbonyl (C=O) groups is 1. The number of esters is 1. The maximum atomic E-state index is 10.9. The number of hydrogen-bond acceptors (Lipinski definition) is 4. The Labute approximate surface area is 132 Å². The molecule has 0 atom stereocenters. The molecule has 0 saturated carbocycles. The van der Waals surface area contributed by atoms with Crippen LogP contribution in [0.25, 0.3) is 0 Å². The smallest absolute Gasteiger partial charge is 0.305 e.